The van der Waals surface area contributed by atoms with Gasteiger partial charge in [0.25, 0.3) is 5.91 Å². The molecule has 3 aromatic rings. The number of benzene rings is 3. The zero-order chi connectivity index (χ0) is 23.2. The van der Waals surface area contributed by atoms with E-state index in [1.807, 2.05) is 36.4 Å². The zero-order valence-electron chi connectivity index (χ0n) is 19.9. The summed E-state index contributed by atoms with van der Waals surface area (Å²) in [4.78, 5) is 15.5. The molecule has 4 nitrogen and oxygen atoms in total. The van der Waals surface area contributed by atoms with Crippen LogP contribution in [0.5, 0.6) is 5.75 Å². The smallest absolute Gasteiger partial charge is 0.251 e. The van der Waals surface area contributed by atoms with Crippen LogP contribution in [0.3, 0.4) is 0 Å². The molecule has 3 aromatic carbocycles. The molecule has 1 N–H and O–H groups in total. The molecule has 0 aliphatic carbocycles. The number of rotatable bonds is 8. The van der Waals surface area contributed by atoms with E-state index >= 15 is 0 Å². The number of ether oxygens (including phenoxy) is 1. The van der Waals surface area contributed by atoms with Crippen molar-refractivity contribution in [2.75, 3.05) is 13.7 Å². The SMILES string of the molecule is COc1ccc([C@H](CC(C)C)NC(=O)c2ccc(CN3CCc4ccccc4C3)cc2)cc1. The van der Waals surface area contributed by atoms with Gasteiger partial charge in [-0.05, 0) is 65.3 Å². The Morgan fingerprint density at radius 3 is 2.33 bits per heavy atom. The Kier molecular flexibility index (Phi) is 7.46. The highest BCUT2D eigenvalue weighted by atomic mass is 16.5. The summed E-state index contributed by atoms with van der Waals surface area (Å²) in [6.45, 7) is 7.31. The van der Waals surface area contributed by atoms with Gasteiger partial charge in [-0.2, -0.15) is 0 Å². The fourth-order valence-electron chi connectivity index (χ4n) is 4.54. The molecule has 0 bridgehead atoms. The molecule has 4 heteroatoms. The highest BCUT2D eigenvalue weighted by Gasteiger charge is 2.19. The van der Waals surface area contributed by atoms with Crippen LogP contribution in [-0.2, 0) is 19.5 Å². The third-order valence-corrected chi connectivity index (χ3v) is 6.36. The summed E-state index contributed by atoms with van der Waals surface area (Å²) >= 11 is 0. The fourth-order valence-corrected chi connectivity index (χ4v) is 4.54. The van der Waals surface area contributed by atoms with Crippen LogP contribution in [0.25, 0.3) is 0 Å². The maximum absolute atomic E-state index is 13.0. The summed E-state index contributed by atoms with van der Waals surface area (Å²) in [6.07, 6.45) is 1.98. The van der Waals surface area contributed by atoms with Crippen molar-refractivity contribution in [3.63, 3.8) is 0 Å². The van der Waals surface area contributed by atoms with Crippen molar-refractivity contribution in [2.45, 2.75) is 45.8 Å². The monoisotopic (exact) mass is 442 g/mol. The highest BCUT2D eigenvalue weighted by molar-refractivity contribution is 5.94. The molecule has 1 atom stereocenters. The summed E-state index contributed by atoms with van der Waals surface area (Å²) < 4.78 is 5.27. The first-order valence-electron chi connectivity index (χ1n) is 11.8. The average molecular weight is 443 g/mol. The number of nitrogens with zero attached hydrogens (tertiary/aromatic N) is 1. The van der Waals surface area contributed by atoms with E-state index in [0.717, 1.165) is 43.8 Å². The fraction of sp³-hybridized carbons (Fsp3) is 0.345. The van der Waals surface area contributed by atoms with Crippen LogP contribution >= 0.6 is 0 Å². The maximum atomic E-state index is 13.0. The molecular weight excluding hydrogens is 408 g/mol. The van der Waals surface area contributed by atoms with Crippen LogP contribution in [-0.4, -0.2) is 24.5 Å². The second kappa shape index (κ2) is 10.7. The number of carbonyl (C=O) groups is 1. The molecular formula is C29H34N2O2. The Morgan fingerprint density at radius 1 is 0.970 bits per heavy atom. The van der Waals surface area contributed by atoms with Crippen LogP contribution in [0.4, 0.5) is 0 Å². The van der Waals surface area contributed by atoms with Gasteiger partial charge in [-0.3, -0.25) is 9.69 Å². The number of hydrogen-bond donors (Lipinski definition) is 1. The molecule has 0 unspecified atom stereocenters. The summed E-state index contributed by atoms with van der Waals surface area (Å²) in [5.41, 5.74) is 5.92. The first-order chi connectivity index (χ1) is 16.0. The normalized spacial score (nSPS) is 14.5. The lowest BCUT2D eigenvalue weighted by molar-refractivity contribution is 0.0932. The van der Waals surface area contributed by atoms with E-state index in [2.05, 4.69) is 60.5 Å². The predicted octanol–water partition coefficient (Wildman–Crippen LogP) is 5.77. The van der Waals surface area contributed by atoms with E-state index in [1.165, 1.54) is 16.7 Å². The molecule has 33 heavy (non-hydrogen) atoms. The third kappa shape index (κ3) is 6.02. The minimum absolute atomic E-state index is 0.0310. The molecule has 0 saturated heterocycles. The predicted molar refractivity (Wildman–Crippen MR) is 133 cm³/mol. The number of amides is 1. The number of methoxy groups -OCH3 is 1. The van der Waals surface area contributed by atoms with Gasteiger partial charge in [0.2, 0.25) is 0 Å². The lowest BCUT2D eigenvalue weighted by Crippen LogP contribution is -2.30. The van der Waals surface area contributed by atoms with Crippen molar-refractivity contribution in [3.05, 3.63) is 101 Å². The Hall–Kier alpha value is -3.11. The van der Waals surface area contributed by atoms with E-state index in [9.17, 15) is 4.79 Å². The summed E-state index contributed by atoms with van der Waals surface area (Å²) in [6, 6.07) is 24.7. The minimum atomic E-state index is -0.0325. The van der Waals surface area contributed by atoms with E-state index in [-0.39, 0.29) is 11.9 Å². The Morgan fingerprint density at radius 2 is 1.67 bits per heavy atom. The largest absolute Gasteiger partial charge is 0.497 e. The van der Waals surface area contributed by atoms with Gasteiger partial charge in [-0.1, -0.05) is 62.4 Å². The molecule has 172 valence electrons. The minimum Gasteiger partial charge on any atom is -0.497 e. The molecule has 1 amide bonds. The first kappa shape index (κ1) is 23.1. The summed E-state index contributed by atoms with van der Waals surface area (Å²) in [5, 5.41) is 3.24. The molecule has 0 aromatic heterocycles. The van der Waals surface area contributed by atoms with Gasteiger partial charge in [-0.15, -0.1) is 0 Å². The number of carbonyl (C=O) groups excluding carboxylic acids is 1. The number of hydrogen-bond acceptors (Lipinski definition) is 3. The van der Waals surface area contributed by atoms with Crippen LogP contribution < -0.4 is 10.1 Å². The van der Waals surface area contributed by atoms with Crippen molar-refractivity contribution in [3.8, 4) is 5.75 Å². The molecule has 1 aliphatic rings. The Labute approximate surface area is 197 Å². The Bertz CT molecular complexity index is 1060. The van der Waals surface area contributed by atoms with Gasteiger partial charge >= 0.3 is 0 Å². The van der Waals surface area contributed by atoms with Crippen molar-refractivity contribution in [1.82, 2.24) is 10.2 Å². The van der Waals surface area contributed by atoms with E-state index < -0.39 is 0 Å². The topological polar surface area (TPSA) is 41.6 Å². The maximum Gasteiger partial charge on any atom is 0.251 e. The first-order valence-corrected chi connectivity index (χ1v) is 11.8. The molecule has 0 fully saturated rings. The quantitative estimate of drug-likeness (QED) is 0.481. The lowest BCUT2D eigenvalue weighted by Gasteiger charge is -2.28. The third-order valence-electron chi connectivity index (χ3n) is 6.36. The van der Waals surface area contributed by atoms with Gasteiger partial charge in [0.15, 0.2) is 0 Å². The molecule has 0 spiro atoms. The van der Waals surface area contributed by atoms with Gasteiger partial charge in [0.05, 0.1) is 13.2 Å². The van der Waals surface area contributed by atoms with Crippen LogP contribution in [0.15, 0.2) is 72.8 Å². The van der Waals surface area contributed by atoms with Gasteiger partial charge < -0.3 is 10.1 Å². The Balaban J connectivity index is 1.39. The second-order valence-electron chi connectivity index (χ2n) is 9.36. The van der Waals surface area contributed by atoms with Crippen LogP contribution in [0.2, 0.25) is 0 Å². The average Bonchev–Trinajstić information content (AvgIpc) is 2.84. The molecule has 4 rings (SSSR count). The molecule has 1 heterocycles. The van der Waals surface area contributed by atoms with E-state index in [4.69, 9.17) is 4.74 Å². The van der Waals surface area contributed by atoms with Crippen molar-refractivity contribution < 1.29 is 9.53 Å². The van der Waals surface area contributed by atoms with Gasteiger partial charge in [0, 0.05) is 25.2 Å². The summed E-state index contributed by atoms with van der Waals surface area (Å²) in [7, 11) is 1.66. The molecule has 1 aliphatic heterocycles. The van der Waals surface area contributed by atoms with Crippen molar-refractivity contribution in [1.29, 1.82) is 0 Å². The highest BCUT2D eigenvalue weighted by Crippen LogP contribution is 2.24. The van der Waals surface area contributed by atoms with Crippen LogP contribution in [0.1, 0.15) is 58.9 Å². The van der Waals surface area contributed by atoms with E-state index in [0.29, 0.717) is 11.5 Å². The van der Waals surface area contributed by atoms with Gasteiger partial charge in [-0.25, -0.2) is 0 Å². The second-order valence-corrected chi connectivity index (χ2v) is 9.36. The number of fused-ring (bicyclic) bond motifs is 1. The van der Waals surface area contributed by atoms with E-state index in [1.54, 1.807) is 7.11 Å². The van der Waals surface area contributed by atoms with Crippen LogP contribution in [0, 0.1) is 5.92 Å². The molecule has 0 radical (unpaired) electrons. The van der Waals surface area contributed by atoms with Crippen molar-refractivity contribution in [2.24, 2.45) is 5.92 Å². The summed E-state index contributed by atoms with van der Waals surface area (Å²) in [5.74, 6) is 1.26. The van der Waals surface area contributed by atoms with Crippen molar-refractivity contribution >= 4 is 5.91 Å². The number of nitrogens with one attached hydrogen (secondary N) is 1. The zero-order valence-corrected chi connectivity index (χ0v) is 19.9. The standard InChI is InChI=1S/C29H34N2O2/c1-21(2)18-28(24-12-14-27(33-3)15-13-24)30-29(32)25-10-8-22(9-11-25)19-31-17-16-23-6-4-5-7-26(23)20-31/h4-15,21,28H,16-20H2,1-3H3,(H,30,32)/t28-/m0/s1. The molecule has 0 saturated carbocycles. The van der Waals surface area contributed by atoms with Gasteiger partial charge in [0.1, 0.15) is 5.75 Å². The lowest BCUT2D eigenvalue weighted by atomic mass is 9.96.